The number of hydrogen-bond donors (Lipinski definition) is 0. The lowest BCUT2D eigenvalue weighted by molar-refractivity contribution is 0.0600. The largest absolute Gasteiger partial charge is 0.465 e. The van der Waals surface area contributed by atoms with Crippen LogP contribution in [0.2, 0.25) is 0 Å². The molecule has 0 spiro atoms. The Hall–Kier alpha value is -0.910. The summed E-state index contributed by atoms with van der Waals surface area (Å²) in [5.41, 5.74) is 1.68. The summed E-state index contributed by atoms with van der Waals surface area (Å²) in [6, 6.07) is 5.51. The van der Waals surface area contributed by atoms with Crippen LogP contribution >= 0.6 is 15.9 Å². The fraction of sp³-hybridized carbons (Fsp3) is 0.533. The summed E-state index contributed by atoms with van der Waals surface area (Å²) < 4.78 is 11.1. The maximum Gasteiger partial charge on any atom is 0.337 e. The van der Waals surface area contributed by atoms with E-state index < -0.39 is 0 Å². The van der Waals surface area contributed by atoms with Crippen LogP contribution in [0.5, 0.6) is 0 Å². The molecule has 0 fully saturated rings. The molecule has 0 aliphatic carbocycles. The van der Waals surface area contributed by atoms with Gasteiger partial charge >= 0.3 is 5.97 Å². The molecular formula is C15H22BrNO3. The summed E-state index contributed by atoms with van der Waals surface area (Å²) in [6.07, 6.45) is 0.259. The van der Waals surface area contributed by atoms with Crippen molar-refractivity contribution in [2.24, 2.45) is 0 Å². The quantitative estimate of drug-likeness (QED) is 0.713. The van der Waals surface area contributed by atoms with Crippen molar-refractivity contribution in [3.63, 3.8) is 0 Å². The first-order valence-corrected chi connectivity index (χ1v) is 7.40. The van der Waals surface area contributed by atoms with Gasteiger partial charge in [0.2, 0.25) is 0 Å². The van der Waals surface area contributed by atoms with E-state index in [1.54, 1.807) is 12.1 Å². The van der Waals surface area contributed by atoms with Gasteiger partial charge in [-0.15, -0.1) is 0 Å². The zero-order valence-electron chi connectivity index (χ0n) is 12.5. The molecule has 1 aromatic carbocycles. The van der Waals surface area contributed by atoms with Gasteiger partial charge in [0.05, 0.1) is 25.4 Å². The van der Waals surface area contributed by atoms with Crippen LogP contribution in [-0.2, 0) is 16.0 Å². The minimum atomic E-state index is -0.323. The van der Waals surface area contributed by atoms with Crippen LogP contribution in [0, 0.1) is 0 Å². The summed E-state index contributed by atoms with van der Waals surface area (Å²) in [7, 11) is 3.43. The van der Waals surface area contributed by atoms with Gasteiger partial charge in [0.25, 0.3) is 0 Å². The van der Waals surface area contributed by atoms with Crippen molar-refractivity contribution in [3.05, 3.63) is 33.8 Å². The Morgan fingerprint density at radius 3 is 2.65 bits per heavy atom. The average Bonchev–Trinajstić information content (AvgIpc) is 2.39. The number of likely N-dealkylation sites (N-methyl/N-ethyl adjacent to an activating group) is 1. The molecule has 0 N–H and O–H groups in total. The molecule has 0 aliphatic heterocycles. The smallest absolute Gasteiger partial charge is 0.337 e. The maximum atomic E-state index is 11.4. The van der Waals surface area contributed by atoms with Crippen LogP contribution in [0.25, 0.3) is 0 Å². The molecule has 1 rings (SSSR count). The molecule has 0 atom stereocenters. The van der Waals surface area contributed by atoms with E-state index in [1.807, 2.05) is 27.0 Å². The molecular weight excluding hydrogens is 322 g/mol. The van der Waals surface area contributed by atoms with Gasteiger partial charge in [-0.1, -0.05) is 22.0 Å². The van der Waals surface area contributed by atoms with E-state index in [2.05, 4.69) is 20.8 Å². The SMILES string of the molecule is COC(=O)c1ccc(CN(C)CCOC(C)C)c(Br)c1. The molecule has 0 radical (unpaired) electrons. The minimum absolute atomic E-state index is 0.259. The molecule has 1 aromatic rings. The van der Waals surface area contributed by atoms with E-state index in [0.29, 0.717) is 12.2 Å². The zero-order chi connectivity index (χ0) is 15.1. The first kappa shape index (κ1) is 17.1. The predicted molar refractivity (Wildman–Crippen MR) is 82.9 cm³/mol. The van der Waals surface area contributed by atoms with Gasteiger partial charge in [-0.05, 0) is 38.6 Å². The van der Waals surface area contributed by atoms with Crippen LogP contribution in [0.1, 0.15) is 29.8 Å². The highest BCUT2D eigenvalue weighted by atomic mass is 79.9. The molecule has 0 amide bonds. The summed E-state index contributed by atoms with van der Waals surface area (Å²) in [6.45, 7) is 6.43. The summed E-state index contributed by atoms with van der Waals surface area (Å²) in [4.78, 5) is 13.6. The Kier molecular flexibility index (Phi) is 7.19. The second-order valence-corrected chi connectivity index (χ2v) is 5.81. The lowest BCUT2D eigenvalue weighted by Gasteiger charge is -2.18. The number of benzene rings is 1. The van der Waals surface area contributed by atoms with Gasteiger partial charge in [-0.3, -0.25) is 4.90 Å². The van der Waals surface area contributed by atoms with Gasteiger partial charge in [0.1, 0.15) is 0 Å². The van der Waals surface area contributed by atoms with E-state index in [4.69, 9.17) is 9.47 Å². The first-order chi connectivity index (χ1) is 9.43. The van der Waals surface area contributed by atoms with Crippen LogP contribution < -0.4 is 0 Å². The van der Waals surface area contributed by atoms with Gasteiger partial charge in [0.15, 0.2) is 0 Å². The Balaban J connectivity index is 2.57. The number of halogens is 1. The Morgan fingerprint density at radius 2 is 2.10 bits per heavy atom. The van der Waals surface area contributed by atoms with E-state index in [1.165, 1.54) is 7.11 Å². The molecule has 0 aliphatic rings. The number of methoxy groups -OCH3 is 1. The van der Waals surface area contributed by atoms with Crippen molar-refractivity contribution in [2.45, 2.75) is 26.5 Å². The van der Waals surface area contributed by atoms with E-state index in [0.717, 1.165) is 23.1 Å². The standard InChI is InChI=1S/C15H22BrNO3/c1-11(2)20-8-7-17(3)10-13-6-5-12(9-14(13)16)15(18)19-4/h5-6,9,11H,7-8,10H2,1-4H3. The lowest BCUT2D eigenvalue weighted by atomic mass is 10.1. The number of ether oxygens (including phenoxy) is 2. The monoisotopic (exact) mass is 343 g/mol. The molecule has 0 saturated carbocycles. The third kappa shape index (κ3) is 5.61. The predicted octanol–water partition coefficient (Wildman–Crippen LogP) is 3.09. The van der Waals surface area contributed by atoms with Crippen LogP contribution in [0.4, 0.5) is 0 Å². The number of hydrogen-bond acceptors (Lipinski definition) is 4. The number of carbonyl (C=O) groups is 1. The van der Waals surface area contributed by atoms with Gasteiger partial charge in [-0.2, -0.15) is 0 Å². The fourth-order valence-electron chi connectivity index (χ4n) is 1.73. The number of rotatable bonds is 7. The van der Waals surface area contributed by atoms with Crippen LogP contribution in [0.15, 0.2) is 22.7 Å². The molecule has 4 nitrogen and oxygen atoms in total. The highest BCUT2D eigenvalue weighted by molar-refractivity contribution is 9.10. The highest BCUT2D eigenvalue weighted by Gasteiger charge is 2.10. The average molecular weight is 344 g/mol. The Labute approximate surface area is 129 Å². The Morgan fingerprint density at radius 1 is 1.40 bits per heavy atom. The molecule has 0 bridgehead atoms. The maximum absolute atomic E-state index is 11.4. The van der Waals surface area contributed by atoms with Crippen molar-refractivity contribution in [3.8, 4) is 0 Å². The van der Waals surface area contributed by atoms with Crippen LogP contribution in [-0.4, -0.2) is 44.3 Å². The van der Waals surface area contributed by atoms with Crippen molar-refractivity contribution < 1.29 is 14.3 Å². The van der Waals surface area contributed by atoms with Crippen molar-refractivity contribution >= 4 is 21.9 Å². The second-order valence-electron chi connectivity index (χ2n) is 4.96. The van der Waals surface area contributed by atoms with E-state index in [9.17, 15) is 4.79 Å². The molecule has 112 valence electrons. The molecule has 20 heavy (non-hydrogen) atoms. The highest BCUT2D eigenvalue weighted by Crippen LogP contribution is 2.20. The number of nitrogens with zero attached hydrogens (tertiary/aromatic N) is 1. The van der Waals surface area contributed by atoms with Crippen molar-refractivity contribution in [1.29, 1.82) is 0 Å². The first-order valence-electron chi connectivity index (χ1n) is 6.61. The molecule has 0 aromatic heterocycles. The third-order valence-corrected chi connectivity index (χ3v) is 3.58. The summed E-state index contributed by atoms with van der Waals surface area (Å²) in [5, 5.41) is 0. The second kappa shape index (κ2) is 8.39. The topological polar surface area (TPSA) is 38.8 Å². The van der Waals surface area contributed by atoms with Gasteiger partial charge in [0, 0.05) is 17.6 Å². The molecule has 5 heteroatoms. The van der Waals surface area contributed by atoms with E-state index in [-0.39, 0.29) is 12.1 Å². The molecule has 0 unspecified atom stereocenters. The Bertz CT molecular complexity index is 449. The van der Waals surface area contributed by atoms with Crippen molar-refractivity contribution in [1.82, 2.24) is 4.90 Å². The molecule has 0 saturated heterocycles. The minimum Gasteiger partial charge on any atom is -0.465 e. The number of carbonyl (C=O) groups excluding carboxylic acids is 1. The van der Waals surface area contributed by atoms with Crippen LogP contribution in [0.3, 0.4) is 0 Å². The normalized spacial score (nSPS) is 11.2. The third-order valence-electron chi connectivity index (χ3n) is 2.84. The fourth-order valence-corrected chi connectivity index (χ4v) is 2.24. The van der Waals surface area contributed by atoms with Gasteiger partial charge < -0.3 is 9.47 Å². The summed E-state index contributed by atoms with van der Waals surface area (Å²) >= 11 is 3.50. The van der Waals surface area contributed by atoms with Crippen molar-refractivity contribution in [2.75, 3.05) is 27.3 Å². The summed E-state index contributed by atoms with van der Waals surface area (Å²) in [5.74, 6) is -0.323. The van der Waals surface area contributed by atoms with Gasteiger partial charge in [-0.25, -0.2) is 4.79 Å². The lowest BCUT2D eigenvalue weighted by Crippen LogP contribution is -2.24. The number of esters is 1. The van der Waals surface area contributed by atoms with E-state index >= 15 is 0 Å². The molecule has 0 heterocycles. The zero-order valence-corrected chi connectivity index (χ0v) is 14.1.